The van der Waals surface area contributed by atoms with Crippen molar-refractivity contribution < 1.29 is 10.2 Å². The number of aromatic nitrogens is 4. The Hall–Kier alpha value is -2.47. The fraction of sp³-hybridized carbons (Fsp3) is 0.450. The van der Waals surface area contributed by atoms with Gasteiger partial charge in [0.2, 0.25) is 0 Å². The maximum absolute atomic E-state index is 10.7. The van der Waals surface area contributed by atoms with Gasteiger partial charge in [-0.2, -0.15) is 0 Å². The number of imidazole rings is 1. The first-order valence-electron chi connectivity index (χ1n) is 9.36. The Morgan fingerprint density at radius 2 is 1.96 bits per heavy atom. The molecular weight excluding hydrogens is 328 g/mol. The van der Waals surface area contributed by atoms with Gasteiger partial charge in [-0.15, -0.1) is 10.2 Å². The Balaban J connectivity index is 1.59. The van der Waals surface area contributed by atoms with Crippen molar-refractivity contribution >= 4 is 11.2 Å². The third-order valence-electron chi connectivity index (χ3n) is 5.97. The van der Waals surface area contributed by atoms with E-state index in [9.17, 15) is 10.2 Å². The molecule has 5 rings (SSSR count). The number of benzene rings is 1. The molecule has 134 valence electrons. The Bertz CT molecular complexity index is 1010. The van der Waals surface area contributed by atoms with E-state index in [0.29, 0.717) is 17.1 Å². The highest BCUT2D eigenvalue weighted by Gasteiger charge is 2.27. The van der Waals surface area contributed by atoms with Crippen LogP contribution in [0.5, 0.6) is 5.75 Å². The third-order valence-corrected chi connectivity index (χ3v) is 5.97. The summed E-state index contributed by atoms with van der Waals surface area (Å²) in [5.74, 6) is 0.335. The predicted octanol–water partition coefficient (Wildman–Crippen LogP) is 3.08. The minimum absolute atomic E-state index is 0.0144. The first kappa shape index (κ1) is 15.8. The van der Waals surface area contributed by atoms with E-state index in [4.69, 9.17) is 0 Å². The quantitative estimate of drug-likeness (QED) is 0.742. The molecule has 0 unspecified atom stereocenters. The molecule has 2 atom stereocenters. The monoisotopic (exact) mass is 350 g/mol. The summed E-state index contributed by atoms with van der Waals surface area (Å²) in [5.41, 5.74) is 6.12. The maximum atomic E-state index is 10.7. The zero-order valence-corrected chi connectivity index (χ0v) is 14.8. The van der Waals surface area contributed by atoms with Crippen LogP contribution in [0.25, 0.3) is 22.4 Å². The molecule has 0 spiro atoms. The number of aryl methyl sites for hydroxylation is 2. The zero-order valence-electron chi connectivity index (χ0n) is 14.8. The summed E-state index contributed by atoms with van der Waals surface area (Å²) in [5, 5.41) is 29.8. The molecule has 0 aliphatic heterocycles. The second kappa shape index (κ2) is 5.77. The topological polar surface area (TPSA) is 84.1 Å². The van der Waals surface area contributed by atoms with Gasteiger partial charge in [-0.1, -0.05) is 18.9 Å². The second-order valence-corrected chi connectivity index (χ2v) is 7.56. The van der Waals surface area contributed by atoms with Gasteiger partial charge < -0.3 is 14.8 Å². The van der Waals surface area contributed by atoms with Crippen LogP contribution in [0.2, 0.25) is 0 Å². The maximum Gasteiger partial charge on any atom is 0.182 e. The molecule has 2 aliphatic carbocycles. The molecule has 2 aliphatic rings. The first-order chi connectivity index (χ1) is 12.6. The second-order valence-electron chi connectivity index (χ2n) is 7.56. The van der Waals surface area contributed by atoms with Crippen molar-refractivity contribution in [1.29, 1.82) is 0 Å². The van der Waals surface area contributed by atoms with Crippen molar-refractivity contribution in [2.45, 2.75) is 57.6 Å². The third kappa shape index (κ3) is 2.25. The Morgan fingerprint density at radius 1 is 1.12 bits per heavy atom. The predicted molar refractivity (Wildman–Crippen MR) is 98.1 cm³/mol. The van der Waals surface area contributed by atoms with Crippen LogP contribution in [0.1, 0.15) is 48.4 Å². The summed E-state index contributed by atoms with van der Waals surface area (Å²) in [6.07, 6.45) is 7.26. The van der Waals surface area contributed by atoms with Crippen molar-refractivity contribution in [3.8, 4) is 17.0 Å². The minimum atomic E-state index is -0.359. The molecule has 1 fully saturated rings. The number of hydrogen-bond donors (Lipinski definition) is 2. The van der Waals surface area contributed by atoms with E-state index in [0.717, 1.165) is 60.7 Å². The van der Waals surface area contributed by atoms with Gasteiger partial charge in [0.25, 0.3) is 0 Å². The van der Waals surface area contributed by atoms with Gasteiger partial charge in [0, 0.05) is 5.56 Å². The van der Waals surface area contributed by atoms with E-state index < -0.39 is 0 Å². The molecule has 26 heavy (non-hydrogen) atoms. The molecule has 6 nitrogen and oxygen atoms in total. The number of rotatable bonds is 2. The number of hydrogen-bond acceptors (Lipinski definition) is 5. The smallest absolute Gasteiger partial charge is 0.182 e. The molecular formula is C20H22N4O2. The summed E-state index contributed by atoms with van der Waals surface area (Å²) in [6.45, 7) is 2.00. The van der Waals surface area contributed by atoms with Crippen molar-refractivity contribution in [3.05, 3.63) is 35.2 Å². The fourth-order valence-corrected chi connectivity index (χ4v) is 4.43. The number of nitrogens with zero attached hydrogens (tertiary/aromatic N) is 4. The van der Waals surface area contributed by atoms with Gasteiger partial charge >= 0.3 is 0 Å². The largest absolute Gasteiger partial charge is 0.507 e. The van der Waals surface area contributed by atoms with Gasteiger partial charge in [0.1, 0.15) is 11.3 Å². The van der Waals surface area contributed by atoms with Crippen LogP contribution in [0.3, 0.4) is 0 Å². The van der Waals surface area contributed by atoms with Crippen LogP contribution in [-0.4, -0.2) is 36.1 Å². The van der Waals surface area contributed by atoms with E-state index >= 15 is 0 Å². The molecule has 0 amide bonds. The van der Waals surface area contributed by atoms with Crippen LogP contribution in [0, 0.1) is 6.92 Å². The van der Waals surface area contributed by atoms with Gasteiger partial charge in [0.05, 0.1) is 24.2 Å². The van der Waals surface area contributed by atoms with E-state index in [1.165, 1.54) is 5.56 Å². The molecule has 0 radical (unpaired) electrons. The highest BCUT2D eigenvalue weighted by molar-refractivity contribution is 5.81. The average molecular weight is 350 g/mol. The lowest BCUT2D eigenvalue weighted by Crippen LogP contribution is -2.27. The van der Waals surface area contributed by atoms with Crippen LogP contribution in [0.4, 0.5) is 0 Å². The van der Waals surface area contributed by atoms with Gasteiger partial charge in [-0.25, -0.2) is 4.98 Å². The summed E-state index contributed by atoms with van der Waals surface area (Å²) in [6, 6.07) is 4.04. The van der Waals surface area contributed by atoms with Gasteiger partial charge in [-0.05, 0) is 55.4 Å². The van der Waals surface area contributed by atoms with Gasteiger partial charge in [0.15, 0.2) is 5.65 Å². The van der Waals surface area contributed by atoms with E-state index in [1.54, 1.807) is 6.33 Å². The summed E-state index contributed by atoms with van der Waals surface area (Å²) < 4.78 is 1.96. The van der Waals surface area contributed by atoms with Gasteiger partial charge in [-0.3, -0.25) is 0 Å². The molecule has 0 saturated heterocycles. The fourth-order valence-electron chi connectivity index (χ4n) is 4.43. The zero-order chi connectivity index (χ0) is 17.8. The van der Waals surface area contributed by atoms with Crippen LogP contribution < -0.4 is 0 Å². The van der Waals surface area contributed by atoms with Crippen molar-refractivity contribution in [2.75, 3.05) is 0 Å². The molecule has 1 aromatic carbocycles. The van der Waals surface area contributed by atoms with Crippen LogP contribution in [-0.2, 0) is 12.8 Å². The molecule has 0 bridgehead atoms. The number of fused-ring (bicyclic) bond motifs is 2. The highest BCUT2D eigenvalue weighted by atomic mass is 16.3. The lowest BCUT2D eigenvalue weighted by Gasteiger charge is -2.28. The lowest BCUT2D eigenvalue weighted by molar-refractivity contribution is 0.0770. The van der Waals surface area contributed by atoms with E-state index in [-0.39, 0.29) is 12.1 Å². The number of phenolic OH excluding ortho intramolecular Hbond substituents is 1. The molecule has 3 aromatic rings. The molecule has 2 aromatic heterocycles. The Labute approximate surface area is 151 Å². The summed E-state index contributed by atoms with van der Waals surface area (Å²) >= 11 is 0. The average Bonchev–Trinajstić information content (AvgIpc) is 3.01. The SMILES string of the molecule is Cc1cc2c(c(O)c1-c1cc3ncn([C@@H]4CCCC[C@H]4O)c3nn1)CC2. The minimum Gasteiger partial charge on any atom is -0.507 e. The Morgan fingerprint density at radius 3 is 2.73 bits per heavy atom. The number of aliphatic hydroxyl groups is 1. The van der Waals surface area contributed by atoms with E-state index in [2.05, 4.69) is 21.2 Å². The van der Waals surface area contributed by atoms with Crippen LogP contribution >= 0.6 is 0 Å². The highest BCUT2D eigenvalue weighted by Crippen LogP contribution is 2.41. The van der Waals surface area contributed by atoms with E-state index in [1.807, 2.05) is 17.6 Å². The first-order valence-corrected chi connectivity index (χ1v) is 9.36. The lowest BCUT2D eigenvalue weighted by atomic mass is 9.83. The molecule has 2 heterocycles. The van der Waals surface area contributed by atoms with Crippen molar-refractivity contribution in [2.24, 2.45) is 0 Å². The van der Waals surface area contributed by atoms with Crippen LogP contribution in [0.15, 0.2) is 18.5 Å². The molecule has 1 saturated carbocycles. The van der Waals surface area contributed by atoms with Crippen molar-refractivity contribution in [3.63, 3.8) is 0 Å². The number of phenols is 1. The summed E-state index contributed by atoms with van der Waals surface area (Å²) in [7, 11) is 0. The Kier molecular flexibility index (Phi) is 3.50. The standard InChI is InChI=1S/C20H22N4O2/c1-11-8-12-6-7-13(12)19(26)18(11)14-9-15-20(23-22-14)24(10-21-15)16-4-2-3-5-17(16)25/h8-10,16-17,25-26H,2-7H2,1H3/t16-,17-/m1/s1. The normalized spacial score (nSPS) is 22.2. The molecule has 2 N–H and O–H groups in total. The molecule has 6 heteroatoms. The number of aromatic hydroxyl groups is 1. The van der Waals surface area contributed by atoms with Crippen molar-refractivity contribution in [1.82, 2.24) is 19.7 Å². The number of aliphatic hydroxyl groups excluding tert-OH is 1. The summed E-state index contributed by atoms with van der Waals surface area (Å²) in [4.78, 5) is 4.50.